The Morgan fingerprint density at radius 3 is 2.63 bits per heavy atom. The normalized spacial score (nSPS) is 18.6. The number of nitrogens with one attached hydrogen (secondary N) is 1. The summed E-state index contributed by atoms with van der Waals surface area (Å²) in [5, 5.41) is 12.2. The molecule has 2 aliphatic carbocycles. The largest absolute Gasteiger partial charge is 0.355 e. The third kappa shape index (κ3) is 3.90. The van der Waals surface area contributed by atoms with Crippen molar-refractivity contribution in [2.45, 2.75) is 51.6 Å². The van der Waals surface area contributed by atoms with Gasteiger partial charge in [-0.25, -0.2) is 0 Å². The summed E-state index contributed by atoms with van der Waals surface area (Å²) in [5.41, 5.74) is 1.05. The molecule has 2 saturated carbocycles. The van der Waals surface area contributed by atoms with E-state index in [0.717, 1.165) is 43.1 Å². The maximum absolute atomic E-state index is 4.41. The predicted molar refractivity (Wildman–Crippen MR) is 77.1 cm³/mol. The smallest absolute Gasteiger partial charge is 0.151 e. The van der Waals surface area contributed by atoms with Crippen LogP contribution >= 0.6 is 0 Å². The lowest BCUT2D eigenvalue weighted by molar-refractivity contribution is 0.657. The predicted octanol–water partition coefficient (Wildman–Crippen LogP) is 2.36. The van der Waals surface area contributed by atoms with Crippen molar-refractivity contribution < 1.29 is 0 Å². The average Bonchev–Trinajstić information content (AvgIpc) is 3.31. The van der Waals surface area contributed by atoms with Crippen LogP contribution < -0.4 is 10.2 Å². The maximum Gasteiger partial charge on any atom is 0.151 e. The molecule has 1 aromatic rings. The van der Waals surface area contributed by atoms with Crippen molar-refractivity contribution in [2.75, 3.05) is 18.0 Å². The zero-order valence-electron chi connectivity index (χ0n) is 11.8. The Bertz CT molecular complexity index is 395. The lowest BCUT2D eigenvalue weighted by atomic mass is 10.3. The molecule has 0 amide bonds. The molecule has 0 saturated heterocycles. The minimum atomic E-state index is 0.730. The highest BCUT2D eigenvalue weighted by atomic mass is 15.3. The average molecular weight is 260 g/mol. The van der Waals surface area contributed by atoms with Crippen molar-refractivity contribution in [2.24, 2.45) is 5.92 Å². The summed E-state index contributed by atoms with van der Waals surface area (Å²) in [6, 6.07) is 4.98. The molecule has 3 rings (SSSR count). The molecule has 0 spiro atoms. The van der Waals surface area contributed by atoms with Gasteiger partial charge in [0.05, 0.1) is 5.69 Å². The van der Waals surface area contributed by atoms with Crippen LogP contribution in [0.5, 0.6) is 0 Å². The lowest BCUT2D eigenvalue weighted by Crippen LogP contribution is -2.28. The van der Waals surface area contributed by atoms with E-state index < -0.39 is 0 Å². The molecule has 4 nitrogen and oxygen atoms in total. The fourth-order valence-electron chi connectivity index (χ4n) is 2.33. The summed E-state index contributed by atoms with van der Waals surface area (Å²) in [7, 11) is 0. The second-order valence-corrected chi connectivity index (χ2v) is 5.93. The molecular weight excluding hydrogens is 236 g/mol. The first-order valence-corrected chi connectivity index (χ1v) is 7.66. The van der Waals surface area contributed by atoms with Crippen LogP contribution in [0.15, 0.2) is 12.1 Å². The summed E-state index contributed by atoms with van der Waals surface area (Å²) in [5.74, 6) is 1.94. The van der Waals surface area contributed by atoms with Crippen LogP contribution in [0.25, 0.3) is 0 Å². The van der Waals surface area contributed by atoms with Crippen molar-refractivity contribution in [3.05, 3.63) is 17.8 Å². The Labute approximate surface area is 115 Å². The van der Waals surface area contributed by atoms with E-state index in [1.807, 2.05) is 0 Å². The number of anilines is 1. The Morgan fingerprint density at radius 2 is 2.05 bits per heavy atom. The molecule has 2 aliphatic rings. The van der Waals surface area contributed by atoms with Gasteiger partial charge in [0.1, 0.15) is 0 Å². The summed E-state index contributed by atoms with van der Waals surface area (Å²) >= 11 is 0. The fraction of sp³-hybridized carbons (Fsp3) is 0.733. The Hall–Kier alpha value is -1.16. The van der Waals surface area contributed by atoms with Gasteiger partial charge in [0, 0.05) is 25.7 Å². The zero-order valence-corrected chi connectivity index (χ0v) is 11.8. The van der Waals surface area contributed by atoms with Crippen molar-refractivity contribution in [3.8, 4) is 0 Å². The zero-order chi connectivity index (χ0) is 13.1. The van der Waals surface area contributed by atoms with E-state index in [0.29, 0.717) is 0 Å². The molecule has 0 aromatic carbocycles. The third-order valence-corrected chi connectivity index (χ3v) is 3.85. The molecule has 0 bridgehead atoms. The second-order valence-electron chi connectivity index (χ2n) is 5.93. The van der Waals surface area contributed by atoms with Crippen molar-refractivity contribution in [1.82, 2.24) is 15.5 Å². The van der Waals surface area contributed by atoms with E-state index in [-0.39, 0.29) is 0 Å². The SMILES string of the molecule is CCCN(CC1CC1)c1ccc(CNC2CC2)nn1. The monoisotopic (exact) mass is 260 g/mol. The van der Waals surface area contributed by atoms with E-state index in [2.05, 4.69) is 39.5 Å². The van der Waals surface area contributed by atoms with Gasteiger partial charge >= 0.3 is 0 Å². The molecule has 1 aromatic heterocycles. The first-order valence-electron chi connectivity index (χ1n) is 7.66. The highest BCUT2D eigenvalue weighted by Gasteiger charge is 2.25. The standard InChI is InChI=1S/C15H24N4/c1-2-9-19(11-12-3-4-12)15-8-7-14(17-18-15)10-16-13-5-6-13/h7-8,12-13,16H,2-6,9-11H2,1H3. The van der Waals surface area contributed by atoms with Crippen LogP contribution in [0.3, 0.4) is 0 Å². The summed E-state index contributed by atoms with van der Waals surface area (Å²) < 4.78 is 0. The number of rotatable bonds is 8. The van der Waals surface area contributed by atoms with Gasteiger partial charge in [-0.3, -0.25) is 0 Å². The summed E-state index contributed by atoms with van der Waals surface area (Å²) in [6.07, 6.45) is 6.57. The summed E-state index contributed by atoms with van der Waals surface area (Å²) in [4.78, 5) is 2.39. The number of hydrogen-bond donors (Lipinski definition) is 1. The highest BCUT2D eigenvalue weighted by molar-refractivity contribution is 5.37. The van der Waals surface area contributed by atoms with Gasteiger partial charge in [-0.1, -0.05) is 6.92 Å². The first kappa shape index (κ1) is 12.9. The molecule has 1 heterocycles. The van der Waals surface area contributed by atoms with Gasteiger partial charge in [0.2, 0.25) is 0 Å². The van der Waals surface area contributed by atoms with Crippen molar-refractivity contribution >= 4 is 5.82 Å². The van der Waals surface area contributed by atoms with E-state index in [1.54, 1.807) is 0 Å². The van der Waals surface area contributed by atoms with E-state index in [1.165, 1.54) is 32.1 Å². The number of nitrogens with zero attached hydrogens (tertiary/aromatic N) is 3. The van der Waals surface area contributed by atoms with Crippen LogP contribution in [-0.2, 0) is 6.54 Å². The molecule has 0 unspecified atom stereocenters. The topological polar surface area (TPSA) is 41.0 Å². The highest BCUT2D eigenvalue weighted by Crippen LogP contribution is 2.31. The minimum absolute atomic E-state index is 0.730. The van der Waals surface area contributed by atoms with Crippen molar-refractivity contribution in [3.63, 3.8) is 0 Å². The Kier molecular flexibility index (Phi) is 3.97. The molecule has 104 valence electrons. The van der Waals surface area contributed by atoms with Gasteiger partial charge < -0.3 is 10.2 Å². The molecule has 4 heteroatoms. The summed E-state index contributed by atoms with van der Waals surface area (Å²) in [6.45, 7) is 5.32. The maximum atomic E-state index is 4.41. The molecule has 0 aliphatic heterocycles. The quantitative estimate of drug-likeness (QED) is 0.779. The fourth-order valence-corrected chi connectivity index (χ4v) is 2.33. The van der Waals surface area contributed by atoms with Crippen LogP contribution in [0.4, 0.5) is 5.82 Å². The van der Waals surface area contributed by atoms with Gasteiger partial charge in [-0.05, 0) is 50.2 Å². The minimum Gasteiger partial charge on any atom is -0.355 e. The van der Waals surface area contributed by atoms with Crippen LogP contribution in [0.1, 0.15) is 44.7 Å². The number of aromatic nitrogens is 2. The van der Waals surface area contributed by atoms with Gasteiger partial charge in [0.25, 0.3) is 0 Å². The van der Waals surface area contributed by atoms with E-state index in [9.17, 15) is 0 Å². The van der Waals surface area contributed by atoms with Crippen molar-refractivity contribution in [1.29, 1.82) is 0 Å². The van der Waals surface area contributed by atoms with Crippen LogP contribution in [0, 0.1) is 5.92 Å². The van der Waals surface area contributed by atoms with Gasteiger partial charge in [-0.15, -0.1) is 5.10 Å². The Morgan fingerprint density at radius 1 is 1.21 bits per heavy atom. The van der Waals surface area contributed by atoms with E-state index >= 15 is 0 Å². The molecule has 0 radical (unpaired) electrons. The molecule has 2 fully saturated rings. The lowest BCUT2D eigenvalue weighted by Gasteiger charge is -2.22. The first-order chi connectivity index (χ1) is 9.35. The number of hydrogen-bond acceptors (Lipinski definition) is 4. The van der Waals surface area contributed by atoms with Gasteiger partial charge in [-0.2, -0.15) is 5.10 Å². The molecule has 1 N–H and O–H groups in total. The third-order valence-electron chi connectivity index (χ3n) is 3.85. The molecular formula is C15H24N4. The van der Waals surface area contributed by atoms with Crippen LogP contribution in [0.2, 0.25) is 0 Å². The second kappa shape index (κ2) is 5.87. The Balaban J connectivity index is 1.57. The van der Waals surface area contributed by atoms with Gasteiger partial charge in [0.15, 0.2) is 5.82 Å². The van der Waals surface area contributed by atoms with Crippen LogP contribution in [-0.4, -0.2) is 29.3 Å². The molecule has 0 atom stereocenters. The molecule has 19 heavy (non-hydrogen) atoms. The van der Waals surface area contributed by atoms with E-state index in [4.69, 9.17) is 0 Å².